The number of fused-ring (bicyclic) bond motifs is 1. The van der Waals surface area contributed by atoms with Crippen molar-refractivity contribution in [1.29, 1.82) is 0 Å². The number of benzene rings is 4. The molecule has 0 fully saturated rings. The van der Waals surface area contributed by atoms with Gasteiger partial charge in [-0.1, -0.05) is 47.5 Å². The zero-order valence-corrected chi connectivity index (χ0v) is 26.0. The Kier molecular flexibility index (Phi) is 8.45. The average molecular weight is 737 g/mol. The fraction of sp³-hybridized carbons (Fsp3) is 0.206. The van der Waals surface area contributed by atoms with E-state index in [4.69, 9.17) is 0 Å². The SMILES string of the molecule is CC(C)(C)[N+]1=CC2C(=C(c3ccccc3)C(c3c(F)c(F)c(F)c(F)c3F)[B-]2(c2c(F)c(F)c(F)c(F)c2F)c2c(F)c(F)c(F)c(F)c2F)C1. The van der Waals surface area contributed by atoms with E-state index in [1.54, 1.807) is 0 Å². The zero-order valence-electron chi connectivity index (χ0n) is 26.0. The first-order chi connectivity index (χ1) is 23.7. The summed E-state index contributed by atoms with van der Waals surface area (Å²) in [6.07, 6.45) is -4.36. The normalized spacial score (nSPS) is 18.5. The Morgan fingerprint density at radius 3 is 1.24 bits per heavy atom. The van der Waals surface area contributed by atoms with Gasteiger partial charge in [-0.05, 0) is 31.9 Å². The fourth-order valence-electron chi connectivity index (χ4n) is 7.68. The Morgan fingerprint density at radius 2 is 0.863 bits per heavy atom. The summed E-state index contributed by atoms with van der Waals surface area (Å²) in [5.74, 6) is -47.8. The summed E-state index contributed by atoms with van der Waals surface area (Å²) in [5, 5.41) is 0. The molecule has 0 N–H and O–H groups in total. The minimum absolute atomic E-state index is 0.299. The number of halogens is 15. The number of hydrogen-bond donors (Lipinski definition) is 0. The highest BCUT2D eigenvalue weighted by Gasteiger charge is 2.62. The highest BCUT2D eigenvalue weighted by atomic mass is 19.2. The summed E-state index contributed by atoms with van der Waals surface area (Å²) in [6, 6.07) is 6.04. The van der Waals surface area contributed by atoms with E-state index >= 15 is 52.7 Å². The van der Waals surface area contributed by atoms with Gasteiger partial charge in [0.15, 0.2) is 70.3 Å². The highest BCUT2D eigenvalue weighted by molar-refractivity contribution is 7.08. The van der Waals surface area contributed by atoms with E-state index in [9.17, 15) is 13.2 Å². The van der Waals surface area contributed by atoms with Crippen LogP contribution in [0.5, 0.6) is 0 Å². The highest BCUT2D eigenvalue weighted by Crippen LogP contribution is 2.58. The molecule has 6 rings (SSSR count). The van der Waals surface area contributed by atoms with Crippen LogP contribution in [0.4, 0.5) is 65.9 Å². The molecule has 2 aliphatic heterocycles. The van der Waals surface area contributed by atoms with Gasteiger partial charge in [-0.15, -0.1) is 10.9 Å². The van der Waals surface area contributed by atoms with E-state index < -0.39 is 145 Å². The molecular formula is C34H19BF15N. The largest absolute Gasteiger partial charge is 0.234 e. The topological polar surface area (TPSA) is 3.01 Å². The van der Waals surface area contributed by atoms with Gasteiger partial charge >= 0.3 is 0 Å². The van der Waals surface area contributed by atoms with E-state index in [0.717, 1.165) is 18.3 Å². The van der Waals surface area contributed by atoms with Gasteiger partial charge in [-0.3, -0.25) is 0 Å². The summed E-state index contributed by atoms with van der Waals surface area (Å²) in [6.45, 7) is 3.94. The molecule has 0 radical (unpaired) electrons. The van der Waals surface area contributed by atoms with Gasteiger partial charge in [0, 0.05) is 5.56 Å². The van der Waals surface area contributed by atoms with E-state index in [1.165, 1.54) is 43.5 Å². The predicted molar refractivity (Wildman–Crippen MR) is 155 cm³/mol. The molecule has 2 unspecified atom stereocenters. The van der Waals surface area contributed by atoms with Crippen molar-refractivity contribution in [3.8, 4) is 0 Å². The van der Waals surface area contributed by atoms with Crippen LogP contribution < -0.4 is 10.9 Å². The monoisotopic (exact) mass is 737 g/mol. The molecule has 0 aliphatic carbocycles. The third-order valence-electron chi connectivity index (χ3n) is 9.78. The van der Waals surface area contributed by atoms with Gasteiger partial charge in [0.2, 0.25) is 5.82 Å². The first-order valence-corrected chi connectivity index (χ1v) is 14.8. The molecule has 17 heteroatoms. The van der Waals surface area contributed by atoms with Crippen molar-refractivity contribution in [3.63, 3.8) is 0 Å². The van der Waals surface area contributed by atoms with Gasteiger partial charge in [-0.25, -0.2) is 70.4 Å². The van der Waals surface area contributed by atoms with Gasteiger partial charge in [-0.2, -0.15) is 0 Å². The lowest BCUT2D eigenvalue weighted by Gasteiger charge is -2.48. The molecule has 0 saturated carbocycles. The van der Waals surface area contributed by atoms with E-state index in [2.05, 4.69) is 0 Å². The van der Waals surface area contributed by atoms with Crippen LogP contribution in [0.15, 0.2) is 35.9 Å². The van der Waals surface area contributed by atoms with Crippen LogP contribution in [0.1, 0.15) is 37.7 Å². The molecule has 0 amide bonds. The van der Waals surface area contributed by atoms with Crippen LogP contribution in [0, 0.1) is 87.3 Å². The van der Waals surface area contributed by atoms with Gasteiger partial charge in [0.25, 0.3) is 0 Å². The van der Waals surface area contributed by atoms with Crippen molar-refractivity contribution in [2.75, 3.05) is 6.54 Å². The molecule has 51 heavy (non-hydrogen) atoms. The van der Waals surface area contributed by atoms with Crippen molar-refractivity contribution >= 4 is 28.9 Å². The Bertz CT molecular complexity index is 2080. The third-order valence-corrected chi connectivity index (χ3v) is 9.78. The lowest BCUT2D eigenvalue weighted by atomic mass is 9.09. The van der Waals surface area contributed by atoms with Gasteiger partial charge in [0.1, 0.15) is 35.6 Å². The minimum atomic E-state index is -5.24. The minimum Gasteiger partial charge on any atom is -0.234 e. The molecule has 4 aromatic rings. The summed E-state index contributed by atoms with van der Waals surface area (Å²) in [7, 11) is 0. The van der Waals surface area contributed by atoms with E-state index in [0.29, 0.717) is 0 Å². The number of nitrogens with zero attached hydrogens (tertiary/aromatic N) is 1. The smallest absolute Gasteiger partial charge is 0.200 e. The number of allylic oxidation sites excluding steroid dienone is 1. The lowest BCUT2D eigenvalue weighted by Crippen LogP contribution is -2.69. The fourth-order valence-corrected chi connectivity index (χ4v) is 7.68. The number of hydrogen-bond acceptors (Lipinski definition) is 0. The van der Waals surface area contributed by atoms with Crippen LogP contribution in [-0.4, -0.2) is 29.0 Å². The molecular weight excluding hydrogens is 718 g/mol. The first-order valence-electron chi connectivity index (χ1n) is 14.8. The van der Waals surface area contributed by atoms with Crippen molar-refractivity contribution in [2.24, 2.45) is 0 Å². The maximum absolute atomic E-state index is 16.3. The van der Waals surface area contributed by atoms with Crippen LogP contribution in [0.25, 0.3) is 5.57 Å². The molecule has 1 nitrogen and oxygen atoms in total. The van der Waals surface area contributed by atoms with Crippen molar-refractivity contribution in [3.05, 3.63) is 134 Å². The summed E-state index contributed by atoms with van der Waals surface area (Å²) in [4.78, 5) is 0. The average Bonchev–Trinajstić information content (AvgIpc) is 3.65. The second kappa shape index (κ2) is 11.9. The second-order valence-electron chi connectivity index (χ2n) is 13.2. The first kappa shape index (κ1) is 36.1. The maximum atomic E-state index is 16.3. The maximum Gasteiger partial charge on any atom is 0.200 e. The predicted octanol–water partition coefficient (Wildman–Crippen LogP) is 8.39. The third kappa shape index (κ3) is 4.78. The Morgan fingerprint density at radius 1 is 0.510 bits per heavy atom. The molecule has 0 aromatic heterocycles. The van der Waals surface area contributed by atoms with Crippen molar-refractivity contribution < 1.29 is 70.4 Å². The van der Waals surface area contributed by atoms with Crippen molar-refractivity contribution in [1.82, 2.24) is 0 Å². The standard InChI is InChI=1S/C34H19BF15N/c1-34(2,3)51-9-12-13(10-51)35(17-21(38)27(44)32(49)28(45)22(17)39,18-23(40)29(46)33(50)30(47)24(18)41)16(14(12)11-7-5-4-6-8-11)15-19(36)25(42)31(48)26(43)20(15)37/h4-8,10,13,16H,9H2,1-3H3. The molecule has 2 heterocycles. The molecule has 0 saturated heterocycles. The Balaban J connectivity index is 2.01. The number of rotatable bonds is 4. The van der Waals surface area contributed by atoms with Crippen LogP contribution in [-0.2, 0) is 0 Å². The molecule has 0 bridgehead atoms. The zero-order chi connectivity index (χ0) is 37.8. The Hall–Kier alpha value is -4.70. The Labute approximate surface area is 278 Å². The summed E-state index contributed by atoms with van der Waals surface area (Å²) >= 11 is 0. The molecule has 4 aromatic carbocycles. The summed E-state index contributed by atoms with van der Waals surface area (Å²) < 4.78 is 233. The molecule has 2 atom stereocenters. The van der Waals surface area contributed by atoms with Crippen LogP contribution in [0.2, 0.25) is 5.82 Å². The lowest BCUT2D eigenvalue weighted by molar-refractivity contribution is -0.581. The van der Waals surface area contributed by atoms with Crippen molar-refractivity contribution in [2.45, 2.75) is 37.9 Å². The second-order valence-corrected chi connectivity index (χ2v) is 13.2. The molecule has 268 valence electrons. The molecule has 2 aliphatic rings. The quantitative estimate of drug-likeness (QED) is 0.0652. The van der Waals surface area contributed by atoms with E-state index in [-0.39, 0.29) is 5.56 Å². The molecule has 0 spiro atoms. The summed E-state index contributed by atoms with van der Waals surface area (Å²) in [5.41, 5.74) is -9.23. The van der Waals surface area contributed by atoms with Gasteiger partial charge < -0.3 is 0 Å². The van der Waals surface area contributed by atoms with Crippen LogP contribution in [0.3, 0.4) is 0 Å². The van der Waals surface area contributed by atoms with Crippen LogP contribution >= 0.6 is 0 Å². The van der Waals surface area contributed by atoms with Gasteiger partial charge in [0.05, 0.1) is 0 Å². The van der Waals surface area contributed by atoms with E-state index in [1.807, 2.05) is 0 Å².